The Morgan fingerprint density at radius 2 is 0.719 bits per heavy atom. The number of hydrogen-bond acceptors (Lipinski definition) is 24. The highest BCUT2D eigenvalue weighted by Crippen LogP contribution is 2.58. The monoisotopic (exact) mass is 2030 g/mol. The Labute approximate surface area is 848 Å². The number of carboxylic acids is 2. The van der Waals surface area contributed by atoms with E-state index in [0.717, 1.165) is 64.0 Å². The molecule has 7 aromatic rings. The second-order valence-corrected chi connectivity index (χ2v) is 42.6. The van der Waals surface area contributed by atoms with E-state index in [2.05, 4.69) is 150 Å². The topological polar surface area (TPSA) is 393 Å². The summed E-state index contributed by atoms with van der Waals surface area (Å²) >= 11 is 23.8. The fourth-order valence-electron chi connectivity index (χ4n) is 18.4. The number of nitrogens with one attached hydrogen (secondary N) is 4. The van der Waals surface area contributed by atoms with Crippen molar-refractivity contribution >= 4 is 142 Å². The summed E-state index contributed by atoms with van der Waals surface area (Å²) in [5.74, 6) is 1.96. The molecule has 0 spiro atoms. The molecule has 0 unspecified atom stereocenters. The molecular weight excluding hydrogens is 1910 g/mol. The molecule has 4 aromatic heterocycles. The van der Waals surface area contributed by atoms with E-state index in [1.807, 2.05) is 85.4 Å². The van der Waals surface area contributed by atoms with Crippen molar-refractivity contribution in [1.29, 1.82) is 5.26 Å². The summed E-state index contributed by atoms with van der Waals surface area (Å²) in [4.78, 5) is 118. The number of piperazine rings is 4. The van der Waals surface area contributed by atoms with Crippen molar-refractivity contribution in [2.75, 3.05) is 119 Å². The van der Waals surface area contributed by atoms with Crippen molar-refractivity contribution in [2.45, 2.75) is 199 Å². The van der Waals surface area contributed by atoms with Gasteiger partial charge in [-0.05, 0) is 147 Å². The molecule has 754 valence electrons. The van der Waals surface area contributed by atoms with Crippen LogP contribution in [0.25, 0.3) is 9.69 Å². The largest absolute Gasteiger partial charge is 0.489 e. The summed E-state index contributed by atoms with van der Waals surface area (Å²) in [7, 11) is 0. The second-order valence-electron chi connectivity index (χ2n) is 41.0. The molecule has 39 heteroatoms. The Morgan fingerprint density at radius 1 is 0.424 bits per heavy atom. The van der Waals surface area contributed by atoms with Crippen LogP contribution in [0.15, 0.2) is 128 Å². The predicted octanol–water partition coefficient (Wildman–Crippen LogP) is 18.6. The minimum atomic E-state index is -0.996. The standard InChI is InChI=1S/C30H38ClN5O4.C25H30ClN5O2.C15H19ClN2O.C15H21N3O4.C9H18N2O2.C6H4ClNO2.2ClH/c1-28(2,3)40-27(38)36-14-12-35(13-15-36)23-11-9-20(18-33-23)24(37)34-25-29(4,5)26(30(25,6)7)39-21-10-8-19(17-32)22(31)16-21;1-24(2)22(25(3,4)23(24)33-17-7-8-19(27-5)18(26)14-17)30-21(32)16-6-9-20(29-15-16)31-12-10-28-11-13-31;1-14(2)12(17)15(3,4)13(14)19-9-6-7-11(18-5)10(16)8-9;1-15(2,3)22-14(21)18-8-6-17(7-9-18)12-5-4-11(10-16-12)13(19)20;1-9(2,3)13-8(12)11-6-4-10-5-7-11;7-5-2-1-4(3-8-5)6(9)10;;/h8-11,16,18,25-26H,12-15H2,1-7H3,(H,34,37);6-9,14-15,22-23,28H,10-13H2,1-4H3,(H,30,32);6-8,12-13H,17H2,1-4H3;4-5,10H,6-9H2,1-3H3,(H,19,20);10H,4-7H2,1-3H3;1-3H,(H,9,10);2*1H. The van der Waals surface area contributed by atoms with E-state index in [0.29, 0.717) is 124 Å². The number of hydrogen-bond donors (Lipinski definition) is 7. The molecule has 33 nitrogen and oxygen atoms in total. The number of nitrogens with two attached hydrogens (primary N) is 1. The van der Waals surface area contributed by atoms with Crippen molar-refractivity contribution < 1.29 is 72.2 Å². The molecule has 7 fully saturated rings. The molecule has 8 N–H and O–H groups in total. The number of halogens is 6. The van der Waals surface area contributed by atoms with Gasteiger partial charge >= 0.3 is 30.2 Å². The van der Waals surface area contributed by atoms with Crippen LogP contribution in [0.1, 0.15) is 192 Å². The zero-order valence-electron chi connectivity index (χ0n) is 82.8. The maximum atomic E-state index is 13.2. The van der Waals surface area contributed by atoms with Gasteiger partial charge in [0, 0.05) is 186 Å². The molecule has 139 heavy (non-hydrogen) atoms. The number of aromatic nitrogens is 4. The molecule has 0 bridgehead atoms. The third kappa shape index (κ3) is 30.0. The van der Waals surface area contributed by atoms with Crippen molar-refractivity contribution in [3.05, 3.63) is 199 Å². The van der Waals surface area contributed by atoms with Crippen molar-refractivity contribution in [3.8, 4) is 23.3 Å². The van der Waals surface area contributed by atoms with Crippen LogP contribution in [0.2, 0.25) is 20.2 Å². The smallest absolute Gasteiger partial charge is 0.410 e. The zero-order valence-corrected chi connectivity index (χ0v) is 87.5. The van der Waals surface area contributed by atoms with Gasteiger partial charge in [-0.15, -0.1) is 24.8 Å². The van der Waals surface area contributed by atoms with Gasteiger partial charge in [0.05, 0.1) is 56.0 Å². The fourth-order valence-corrected chi connectivity index (χ4v) is 19.2. The van der Waals surface area contributed by atoms with Crippen LogP contribution in [-0.2, 0) is 14.2 Å². The number of carbonyl (C=O) groups excluding carboxylic acids is 5. The van der Waals surface area contributed by atoms with E-state index in [-0.39, 0.29) is 141 Å². The first-order valence-corrected chi connectivity index (χ1v) is 46.9. The highest BCUT2D eigenvalue weighted by Gasteiger charge is 2.66. The van der Waals surface area contributed by atoms with Crippen LogP contribution >= 0.6 is 71.2 Å². The molecular formula is C100H132Cl6N18O15. The van der Waals surface area contributed by atoms with Crippen LogP contribution in [0.3, 0.4) is 0 Å². The average Bonchev–Trinajstić information content (AvgIpc) is 0.712. The number of nitriles is 1. The highest BCUT2D eigenvalue weighted by atomic mass is 35.5. The van der Waals surface area contributed by atoms with Gasteiger partial charge in [0.1, 0.15) is 81.0 Å². The first-order chi connectivity index (χ1) is 63.9. The normalized spacial score (nSPS) is 20.3. The van der Waals surface area contributed by atoms with Gasteiger partial charge in [0.25, 0.3) is 11.8 Å². The van der Waals surface area contributed by atoms with E-state index in [1.54, 1.807) is 93.8 Å². The number of nitrogens with zero attached hydrogens (tertiary/aromatic N) is 13. The van der Waals surface area contributed by atoms with Gasteiger partial charge in [0.2, 0.25) is 11.4 Å². The van der Waals surface area contributed by atoms with Crippen LogP contribution in [0, 0.1) is 57.0 Å². The number of aromatic carboxylic acids is 2. The summed E-state index contributed by atoms with van der Waals surface area (Å²) in [5.41, 5.74) is 5.89. The molecule has 4 saturated heterocycles. The summed E-state index contributed by atoms with van der Waals surface area (Å²) < 4.78 is 34.7. The summed E-state index contributed by atoms with van der Waals surface area (Å²) in [6.45, 7) is 67.6. The summed E-state index contributed by atoms with van der Waals surface area (Å²) in [5, 5.41) is 40.7. The molecule has 5 amide bonds. The van der Waals surface area contributed by atoms with Crippen molar-refractivity contribution in [3.63, 3.8) is 0 Å². The van der Waals surface area contributed by atoms with E-state index in [4.69, 9.17) is 109 Å². The van der Waals surface area contributed by atoms with Gasteiger partial charge in [-0.3, -0.25) is 9.59 Å². The Hall–Kier alpha value is -11.2. The molecule has 0 atom stereocenters. The second kappa shape index (κ2) is 47.9. The van der Waals surface area contributed by atoms with Crippen LogP contribution in [0.4, 0.5) is 43.2 Å². The van der Waals surface area contributed by atoms with Crippen molar-refractivity contribution in [2.24, 2.45) is 38.2 Å². The maximum absolute atomic E-state index is 13.2. The van der Waals surface area contributed by atoms with Gasteiger partial charge in [-0.25, -0.2) is 53.6 Å². The third-order valence-corrected chi connectivity index (χ3v) is 25.9. The summed E-state index contributed by atoms with van der Waals surface area (Å²) in [6.07, 6.45) is 4.70. The Kier molecular flexibility index (Phi) is 39.5. The lowest BCUT2D eigenvalue weighted by atomic mass is 9.49. The third-order valence-electron chi connectivity index (χ3n) is 24.8. The average molecular weight is 2040 g/mol. The number of carbonyl (C=O) groups is 7. The zero-order chi connectivity index (χ0) is 101. The minimum absolute atomic E-state index is 0. The molecule has 14 rings (SSSR count). The van der Waals surface area contributed by atoms with E-state index >= 15 is 0 Å². The SMILES string of the molecule is CC(C)(C)OC(=O)N1CCN(c2ccc(C(=O)NC3C(C)(C)C(Oc4ccc(C#N)c(Cl)c4)C3(C)C)cn2)CC1.CC(C)(C)OC(=O)N1CCN(c2ccc(C(=O)O)cn2)CC1.CC(C)(C)OC(=O)N1CCNCC1.Cl.Cl.O=C(O)c1ccc(Cl)nc1.[C-]#[N+]c1ccc(OC2C(C)(C)C(N)C2(C)C)cc1Cl.[C-]#[N+]c1ccc(OC2C(C)(C)C(NC(=O)c3ccc(N4CCNCC4)nc3)C2(C)C)cc1Cl. The first kappa shape index (κ1) is 115. The number of amides is 5. The van der Waals surface area contributed by atoms with Crippen LogP contribution < -0.4 is 55.9 Å². The predicted molar refractivity (Wildman–Crippen MR) is 544 cm³/mol. The van der Waals surface area contributed by atoms with Gasteiger partial charge in [-0.1, -0.05) is 142 Å². The molecule has 0 radical (unpaired) electrons. The molecule has 3 aliphatic carbocycles. The lowest BCUT2D eigenvalue weighted by Crippen LogP contribution is -2.74. The molecule has 8 heterocycles. The number of ether oxygens (including phenoxy) is 6. The van der Waals surface area contributed by atoms with Crippen LogP contribution in [0.5, 0.6) is 17.2 Å². The molecule has 4 aliphatic heterocycles. The first-order valence-electron chi connectivity index (χ1n) is 45.4. The quantitative estimate of drug-likeness (QED) is 0.0285. The van der Waals surface area contributed by atoms with Gasteiger partial charge in [-0.2, -0.15) is 5.26 Å². The van der Waals surface area contributed by atoms with Crippen molar-refractivity contribution in [1.82, 2.24) is 55.9 Å². The number of pyridine rings is 4. The Bertz CT molecular complexity index is 5470. The molecule has 7 aliphatic rings. The van der Waals surface area contributed by atoms with E-state index in [9.17, 15) is 33.6 Å². The number of carboxylic acid groups (broad SMARTS) is 2. The number of anilines is 3. The number of benzene rings is 3. The summed E-state index contributed by atoms with van der Waals surface area (Å²) in [6, 6.07) is 30.7. The van der Waals surface area contributed by atoms with Gasteiger partial charge < -0.3 is 95.0 Å². The van der Waals surface area contributed by atoms with E-state index < -0.39 is 23.1 Å². The Balaban J connectivity index is 0.000000239. The van der Waals surface area contributed by atoms with Crippen LogP contribution in [-0.4, -0.2) is 245 Å². The fraction of sp³-hybridized carbons (Fsp3) is 0.520. The van der Waals surface area contributed by atoms with Gasteiger partial charge in [0.15, 0.2) is 0 Å². The highest BCUT2D eigenvalue weighted by molar-refractivity contribution is 6.34. The minimum Gasteiger partial charge on any atom is -0.489 e. The lowest BCUT2D eigenvalue weighted by Gasteiger charge is -2.63. The maximum Gasteiger partial charge on any atom is 0.410 e. The lowest BCUT2D eigenvalue weighted by molar-refractivity contribution is -0.164. The van der Waals surface area contributed by atoms with E-state index in [1.165, 1.54) is 30.6 Å². The molecule has 3 saturated carbocycles. The number of rotatable bonds is 15. The molecule has 3 aromatic carbocycles. The Morgan fingerprint density at radius 3 is 1.01 bits per heavy atom.